The molecule has 0 aliphatic heterocycles. The fraction of sp³-hybridized carbons (Fsp3) is 0.300. The molecule has 0 unspecified atom stereocenters. The number of aryl methyl sites for hydroxylation is 2. The molecule has 2 N–H and O–H groups in total. The lowest BCUT2D eigenvalue weighted by Crippen LogP contribution is -2.36. The number of benzene rings is 2. The van der Waals surface area contributed by atoms with Crippen molar-refractivity contribution in [3.05, 3.63) is 59.2 Å². The van der Waals surface area contributed by atoms with Crippen LogP contribution >= 0.6 is 0 Å². The minimum Gasteiger partial charge on any atom is -0.325 e. The zero-order valence-corrected chi connectivity index (χ0v) is 14.9. The van der Waals surface area contributed by atoms with Crippen LogP contribution in [0.25, 0.3) is 0 Å². The summed E-state index contributed by atoms with van der Waals surface area (Å²) in [6.07, 6.45) is -3.64. The second-order valence-corrected chi connectivity index (χ2v) is 6.83. The van der Waals surface area contributed by atoms with Crippen LogP contribution in [0.3, 0.4) is 0 Å². The van der Waals surface area contributed by atoms with Gasteiger partial charge in [-0.2, -0.15) is 13.2 Å². The van der Waals surface area contributed by atoms with Crippen molar-refractivity contribution in [3.63, 3.8) is 0 Å². The van der Waals surface area contributed by atoms with Crippen LogP contribution in [0.2, 0.25) is 0 Å². The lowest BCUT2D eigenvalue weighted by Gasteiger charge is -2.18. The molecule has 2 amide bonds. The van der Waals surface area contributed by atoms with E-state index in [4.69, 9.17) is 0 Å². The van der Waals surface area contributed by atoms with Gasteiger partial charge in [0, 0.05) is 11.4 Å². The number of nitrogens with one attached hydrogen (secondary N) is 2. The Morgan fingerprint density at radius 1 is 0.889 bits per heavy atom. The maximum atomic E-state index is 12.7. The van der Waals surface area contributed by atoms with E-state index in [-0.39, 0.29) is 5.69 Å². The smallest absolute Gasteiger partial charge is 0.325 e. The van der Waals surface area contributed by atoms with Crippen molar-refractivity contribution in [1.29, 1.82) is 0 Å². The van der Waals surface area contributed by atoms with Gasteiger partial charge in [-0.3, -0.25) is 9.59 Å². The Balaban J connectivity index is 1.72. The summed E-state index contributed by atoms with van der Waals surface area (Å²) in [6.45, 7) is 3.73. The van der Waals surface area contributed by atoms with Gasteiger partial charge in [0.05, 0.1) is 5.56 Å². The molecule has 0 heterocycles. The lowest BCUT2D eigenvalue weighted by atomic mass is 10.0. The summed E-state index contributed by atoms with van der Waals surface area (Å²) in [7, 11) is 0. The lowest BCUT2D eigenvalue weighted by molar-refractivity contribution is -0.137. The van der Waals surface area contributed by atoms with Gasteiger partial charge in [0.15, 0.2) is 0 Å². The number of para-hydroxylation sites is 1. The highest BCUT2D eigenvalue weighted by molar-refractivity contribution is 6.17. The van der Waals surface area contributed by atoms with E-state index in [1.165, 1.54) is 12.1 Å². The molecule has 1 aliphatic rings. The predicted molar refractivity (Wildman–Crippen MR) is 96.3 cm³/mol. The largest absolute Gasteiger partial charge is 0.416 e. The zero-order chi connectivity index (χ0) is 19.8. The first-order valence-corrected chi connectivity index (χ1v) is 8.50. The highest BCUT2D eigenvalue weighted by atomic mass is 19.4. The van der Waals surface area contributed by atoms with Crippen molar-refractivity contribution in [2.24, 2.45) is 5.41 Å². The van der Waals surface area contributed by atoms with Gasteiger partial charge in [-0.1, -0.05) is 18.2 Å². The number of rotatable bonds is 4. The van der Waals surface area contributed by atoms with Gasteiger partial charge in [0.25, 0.3) is 0 Å². The fourth-order valence-electron chi connectivity index (χ4n) is 2.92. The average molecular weight is 376 g/mol. The van der Waals surface area contributed by atoms with Crippen molar-refractivity contribution >= 4 is 23.2 Å². The van der Waals surface area contributed by atoms with Crippen LogP contribution in [0.15, 0.2) is 42.5 Å². The summed E-state index contributed by atoms with van der Waals surface area (Å²) < 4.78 is 37.9. The predicted octanol–water partition coefficient (Wildman–Crippen LogP) is 4.68. The Morgan fingerprint density at radius 3 is 1.89 bits per heavy atom. The first-order chi connectivity index (χ1) is 12.6. The third kappa shape index (κ3) is 3.82. The first kappa shape index (κ1) is 18.9. The average Bonchev–Trinajstić information content (AvgIpc) is 3.40. The monoisotopic (exact) mass is 376 g/mol. The summed E-state index contributed by atoms with van der Waals surface area (Å²) in [4.78, 5) is 25.3. The molecule has 0 saturated heterocycles. The highest BCUT2D eigenvalue weighted by Gasteiger charge is 2.56. The number of halogens is 3. The minimum absolute atomic E-state index is 0.221. The summed E-state index contributed by atoms with van der Waals surface area (Å²) in [6, 6.07) is 9.76. The number of alkyl halides is 3. The molecule has 2 aromatic rings. The molecular weight excluding hydrogens is 357 g/mol. The third-order valence-corrected chi connectivity index (χ3v) is 4.81. The SMILES string of the molecule is Cc1cccc(C)c1NC(=O)C1(C(=O)Nc2ccc(C(F)(F)F)cc2)CC1. The number of hydrogen-bond donors (Lipinski definition) is 2. The standard InChI is InChI=1S/C20H19F3N2O2/c1-12-4-3-5-13(2)16(12)25-18(27)19(10-11-19)17(26)24-15-8-6-14(7-9-15)20(21,22)23/h3-9H,10-11H2,1-2H3,(H,24,26)(H,25,27). The van der Waals surface area contributed by atoms with E-state index in [1.54, 1.807) is 0 Å². The molecular formula is C20H19F3N2O2. The molecule has 0 spiro atoms. The van der Waals surface area contributed by atoms with Crippen LogP contribution in [0.1, 0.15) is 29.5 Å². The molecule has 7 heteroatoms. The van der Waals surface area contributed by atoms with Gasteiger partial charge < -0.3 is 10.6 Å². The molecule has 142 valence electrons. The van der Waals surface area contributed by atoms with Gasteiger partial charge in [0.2, 0.25) is 11.8 Å². The van der Waals surface area contributed by atoms with Crippen molar-refractivity contribution in [2.45, 2.75) is 32.9 Å². The molecule has 0 atom stereocenters. The number of amides is 2. The van der Waals surface area contributed by atoms with Gasteiger partial charge in [-0.15, -0.1) is 0 Å². The molecule has 2 aromatic carbocycles. The van der Waals surface area contributed by atoms with Crippen molar-refractivity contribution in [3.8, 4) is 0 Å². The van der Waals surface area contributed by atoms with Gasteiger partial charge in [-0.25, -0.2) is 0 Å². The number of carbonyl (C=O) groups is 2. The molecule has 0 aromatic heterocycles. The Labute approximate surface area is 154 Å². The van der Waals surface area contributed by atoms with Crippen LogP contribution in [0.4, 0.5) is 24.5 Å². The van der Waals surface area contributed by atoms with E-state index < -0.39 is 29.0 Å². The van der Waals surface area contributed by atoms with Crippen LogP contribution < -0.4 is 10.6 Å². The highest BCUT2D eigenvalue weighted by Crippen LogP contribution is 2.48. The van der Waals surface area contributed by atoms with Crippen LogP contribution in [-0.4, -0.2) is 11.8 Å². The zero-order valence-electron chi connectivity index (χ0n) is 14.9. The second-order valence-electron chi connectivity index (χ2n) is 6.83. The molecule has 1 saturated carbocycles. The topological polar surface area (TPSA) is 58.2 Å². The quantitative estimate of drug-likeness (QED) is 0.762. The number of hydrogen-bond acceptors (Lipinski definition) is 2. The Morgan fingerprint density at radius 2 is 1.41 bits per heavy atom. The van der Waals surface area contributed by atoms with E-state index in [9.17, 15) is 22.8 Å². The van der Waals surface area contributed by atoms with E-state index in [0.717, 1.165) is 23.3 Å². The first-order valence-electron chi connectivity index (χ1n) is 8.50. The maximum absolute atomic E-state index is 12.7. The maximum Gasteiger partial charge on any atom is 0.416 e. The summed E-state index contributed by atoms with van der Waals surface area (Å²) >= 11 is 0. The van der Waals surface area contributed by atoms with E-state index in [1.807, 2.05) is 32.0 Å². The Bertz CT molecular complexity index is 865. The van der Waals surface area contributed by atoms with Crippen molar-refractivity contribution < 1.29 is 22.8 Å². The fourth-order valence-corrected chi connectivity index (χ4v) is 2.92. The molecule has 0 bridgehead atoms. The number of anilines is 2. The number of carbonyl (C=O) groups excluding carboxylic acids is 2. The molecule has 4 nitrogen and oxygen atoms in total. The van der Waals surface area contributed by atoms with Crippen LogP contribution in [0, 0.1) is 19.3 Å². The summed E-state index contributed by atoms with van der Waals surface area (Å²) in [5.41, 5.74) is 0.700. The normalized spacial score (nSPS) is 15.1. The molecule has 3 rings (SSSR count). The van der Waals surface area contributed by atoms with Crippen molar-refractivity contribution in [2.75, 3.05) is 10.6 Å². The third-order valence-electron chi connectivity index (χ3n) is 4.81. The van der Waals surface area contributed by atoms with Crippen molar-refractivity contribution in [1.82, 2.24) is 0 Å². The van der Waals surface area contributed by atoms with Gasteiger partial charge >= 0.3 is 6.18 Å². The molecule has 1 fully saturated rings. The van der Waals surface area contributed by atoms with Crippen LogP contribution in [0.5, 0.6) is 0 Å². The molecule has 1 aliphatic carbocycles. The molecule has 0 radical (unpaired) electrons. The van der Waals surface area contributed by atoms with Crippen LogP contribution in [-0.2, 0) is 15.8 Å². The minimum atomic E-state index is -4.44. The van der Waals surface area contributed by atoms with Gasteiger partial charge in [0.1, 0.15) is 5.41 Å². The summed E-state index contributed by atoms with van der Waals surface area (Å²) in [5.74, 6) is -0.907. The Hall–Kier alpha value is -2.83. The molecule has 27 heavy (non-hydrogen) atoms. The Kier molecular flexibility index (Phi) is 4.71. The second kappa shape index (κ2) is 6.72. The van der Waals surface area contributed by atoms with E-state index in [2.05, 4.69) is 10.6 Å². The van der Waals surface area contributed by atoms with E-state index in [0.29, 0.717) is 18.5 Å². The van der Waals surface area contributed by atoms with Gasteiger partial charge in [-0.05, 0) is 62.1 Å². The summed E-state index contributed by atoms with van der Waals surface area (Å²) in [5, 5.41) is 5.38. The van der Waals surface area contributed by atoms with E-state index >= 15 is 0 Å².